The molecule has 1 aliphatic rings. The standard InChI is InChI=1S/C13H14BrN3O2S/c1-3-17-6-9(13(16-17)19-8-4-5-8)10(18)11-12(14)15-7(2)20-11/h6,8H,3-5H2,1-2H3. The molecule has 2 aromatic heterocycles. The topological polar surface area (TPSA) is 57.0 Å². The average molecular weight is 356 g/mol. The zero-order valence-corrected chi connectivity index (χ0v) is 13.6. The highest BCUT2D eigenvalue weighted by Gasteiger charge is 2.29. The van der Waals surface area contributed by atoms with Crippen molar-refractivity contribution < 1.29 is 9.53 Å². The van der Waals surface area contributed by atoms with E-state index >= 15 is 0 Å². The number of aryl methyl sites for hydroxylation is 2. The average Bonchev–Trinajstić information content (AvgIpc) is 3.02. The largest absolute Gasteiger partial charge is 0.473 e. The van der Waals surface area contributed by atoms with Crippen LogP contribution in [0.1, 0.15) is 40.0 Å². The number of carbonyl (C=O) groups excluding carboxylic acids is 1. The van der Waals surface area contributed by atoms with E-state index in [0.29, 0.717) is 27.5 Å². The molecule has 0 radical (unpaired) electrons. The molecule has 0 unspecified atom stereocenters. The molecule has 2 aromatic rings. The Bertz CT molecular complexity index is 661. The summed E-state index contributed by atoms with van der Waals surface area (Å²) in [4.78, 5) is 17.5. The minimum atomic E-state index is -0.0853. The lowest BCUT2D eigenvalue weighted by atomic mass is 10.2. The highest BCUT2D eigenvalue weighted by atomic mass is 79.9. The van der Waals surface area contributed by atoms with Crippen LogP contribution in [0.25, 0.3) is 0 Å². The normalized spacial score (nSPS) is 14.6. The van der Waals surface area contributed by atoms with Crippen molar-refractivity contribution in [3.63, 3.8) is 0 Å². The van der Waals surface area contributed by atoms with Crippen LogP contribution < -0.4 is 4.74 Å². The van der Waals surface area contributed by atoms with E-state index in [0.717, 1.165) is 17.8 Å². The monoisotopic (exact) mass is 355 g/mol. The second-order valence-corrected chi connectivity index (χ2v) is 6.66. The van der Waals surface area contributed by atoms with Gasteiger partial charge in [0.05, 0.1) is 5.01 Å². The summed E-state index contributed by atoms with van der Waals surface area (Å²) in [6.07, 6.45) is 4.04. The van der Waals surface area contributed by atoms with Gasteiger partial charge in [0.1, 0.15) is 21.1 Å². The third-order valence-corrected chi connectivity index (χ3v) is 4.80. The molecule has 0 spiro atoms. The maximum absolute atomic E-state index is 12.6. The summed E-state index contributed by atoms with van der Waals surface area (Å²) in [6.45, 7) is 4.56. The van der Waals surface area contributed by atoms with Crippen LogP contribution in [-0.2, 0) is 6.54 Å². The zero-order chi connectivity index (χ0) is 14.3. The fourth-order valence-corrected chi connectivity index (χ4v) is 3.39. The van der Waals surface area contributed by atoms with Gasteiger partial charge >= 0.3 is 0 Å². The number of hydrogen-bond acceptors (Lipinski definition) is 5. The Morgan fingerprint density at radius 2 is 2.35 bits per heavy atom. The van der Waals surface area contributed by atoms with Crippen molar-refractivity contribution in [2.45, 2.75) is 39.3 Å². The Morgan fingerprint density at radius 3 is 2.90 bits per heavy atom. The van der Waals surface area contributed by atoms with Crippen LogP contribution in [0.2, 0.25) is 0 Å². The van der Waals surface area contributed by atoms with Crippen LogP contribution in [0.3, 0.4) is 0 Å². The van der Waals surface area contributed by atoms with E-state index in [1.54, 1.807) is 10.9 Å². The van der Waals surface area contributed by atoms with E-state index in [4.69, 9.17) is 4.74 Å². The molecule has 106 valence electrons. The highest BCUT2D eigenvalue weighted by Crippen LogP contribution is 2.32. The molecule has 0 aliphatic heterocycles. The molecule has 0 N–H and O–H groups in total. The maximum atomic E-state index is 12.6. The zero-order valence-electron chi connectivity index (χ0n) is 11.2. The van der Waals surface area contributed by atoms with Gasteiger partial charge in [-0.1, -0.05) is 0 Å². The van der Waals surface area contributed by atoms with Crippen molar-refractivity contribution in [3.8, 4) is 5.88 Å². The molecule has 7 heteroatoms. The molecule has 1 fully saturated rings. The number of ether oxygens (including phenoxy) is 1. The Morgan fingerprint density at radius 1 is 1.60 bits per heavy atom. The number of carbonyl (C=O) groups is 1. The third-order valence-electron chi connectivity index (χ3n) is 3.00. The van der Waals surface area contributed by atoms with Crippen LogP contribution >= 0.6 is 27.3 Å². The SMILES string of the molecule is CCn1cc(C(=O)c2sc(C)nc2Br)c(OC2CC2)n1. The molecule has 0 atom stereocenters. The van der Waals surface area contributed by atoms with Crippen LogP contribution in [0.4, 0.5) is 0 Å². The van der Waals surface area contributed by atoms with E-state index < -0.39 is 0 Å². The van der Waals surface area contributed by atoms with Gasteiger partial charge in [-0.25, -0.2) is 4.98 Å². The number of thiazole rings is 1. The summed E-state index contributed by atoms with van der Waals surface area (Å²) in [5.41, 5.74) is 0.517. The second kappa shape index (κ2) is 5.29. The maximum Gasteiger partial charge on any atom is 0.244 e. The van der Waals surface area contributed by atoms with Crippen LogP contribution in [-0.4, -0.2) is 26.7 Å². The fourth-order valence-electron chi connectivity index (χ4n) is 1.82. The fraction of sp³-hybridized carbons (Fsp3) is 0.462. The molecular formula is C13H14BrN3O2S. The van der Waals surface area contributed by atoms with E-state index in [2.05, 4.69) is 26.0 Å². The van der Waals surface area contributed by atoms with Gasteiger partial charge in [0.2, 0.25) is 11.7 Å². The lowest BCUT2D eigenvalue weighted by Crippen LogP contribution is -2.04. The minimum absolute atomic E-state index is 0.0853. The molecule has 1 saturated carbocycles. The number of hydrogen-bond donors (Lipinski definition) is 0. The number of rotatable bonds is 5. The van der Waals surface area contributed by atoms with E-state index in [1.165, 1.54) is 11.3 Å². The molecule has 0 bridgehead atoms. The van der Waals surface area contributed by atoms with Crippen LogP contribution in [0.15, 0.2) is 10.8 Å². The number of halogens is 1. The van der Waals surface area contributed by atoms with Gasteiger partial charge in [0.25, 0.3) is 0 Å². The molecule has 5 nitrogen and oxygen atoms in total. The summed E-state index contributed by atoms with van der Waals surface area (Å²) < 4.78 is 8.06. The van der Waals surface area contributed by atoms with Gasteiger partial charge in [0, 0.05) is 12.7 Å². The van der Waals surface area contributed by atoms with E-state index in [9.17, 15) is 4.79 Å². The number of nitrogens with zero attached hydrogens (tertiary/aromatic N) is 3. The predicted octanol–water partition coefficient (Wildman–Crippen LogP) is 3.20. The number of aromatic nitrogens is 3. The first-order valence-electron chi connectivity index (χ1n) is 6.50. The van der Waals surface area contributed by atoms with Gasteiger partial charge in [0.15, 0.2) is 0 Å². The lowest BCUT2D eigenvalue weighted by molar-refractivity contribution is 0.103. The molecule has 3 rings (SSSR count). The number of ketones is 1. The molecule has 1 aliphatic carbocycles. The van der Waals surface area contributed by atoms with E-state index in [-0.39, 0.29) is 11.9 Å². The van der Waals surface area contributed by atoms with Crippen molar-refractivity contribution in [3.05, 3.63) is 26.2 Å². The van der Waals surface area contributed by atoms with Gasteiger partial charge in [-0.2, -0.15) is 0 Å². The molecule has 0 aromatic carbocycles. The van der Waals surface area contributed by atoms with Crippen molar-refractivity contribution in [2.75, 3.05) is 0 Å². The Balaban J connectivity index is 1.96. The quantitative estimate of drug-likeness (QED) is 0.772. The van der Waals surface area contributed by atoms with Gasteiger partial charge in [-0.05, 0) is 42.6 Å². The highest BCUT2D eigenvalue weighted by molar-refractivity contribution is 9.10. The molecular weight excluding hydrogens is 342 g/mol. The smallest absolute Gasteiger partial charge is 0.244 e. The first-order valence-corrected chi connectivity index (χ1v) is 8.11. The van der Waals surface area contributed by atoms with Crippen molar-refractivity contribution >= 4 is 33.0 Å². The van der Waals surface area contributed by atoms with Crippen molar-refractivity contribution in [1.82, 2.24) is 14.8 Å². The van der Waals surface area contributed by atoms with Gasteiger partial charge in [-0.15, -0.1) is 16.4 Å². The summed E-state index contributed by atoms with van der Waals surface area (Å²) in [5, 5.41) is 5.19. The lowest BCUT2D eigenvalue weighted by Gasteiger charge is -2.02. The minimum Gasteiger partial charge on any atom is -0.473 e. The van der Waals surface area contributed by atoms with Crippen LogP contribution in [0.5, 0.6) is 5.88 Å². The van der Waals surface area contributed by atoms with E-state index in [1.807, 2.05) is 13.8 Å². The Hall–Kier alpha value is -1.21. The summed E-state index contributed by atoms with van der Waals surface area (Å²) in [7, 11) is 0. The Labute approximate surface area is 129 Å². The molecule has 2 heterocycles. The summed E-state index contributed by atoms with van der Waals surface area (Å²) in [6, 6.07) is 0. The first kappa shape index (κ1) is 13.8. The second-order valence-electron chi connectivity index (χ2n) is 4.70. The molecule has 20 heavy (non-hydrogen) atoms. The molecule has 0 saturated heterocycles. The van der Waals surface area contributed by atoms with Crippen LogP contribution in [0, 0.1) is 6.92 Å². The predicted molar refractivity (Wildman–Crippen MR) is 79.5 cm³/mol. The molecule has 0 amide bonds. The van der Waals surface area contributed by atoms with Crippen molar-refractivity contribution in [1.29, 1.82) is 0 Å². The van der Waals surface area contributed by atoms with Gasteiger partial charge < -0.3 is 4.74 Å². The Kier molecular flexibility index (Phi) is 3.64. The first-order chi connectivity index (χ1) is 9.58. The third kappa shape index (κ3) is 2.64. The summed E-state index contributed by atoms with van der Waals surface area (Å²) in [5.74, 6) is 0.357. The van der Waals surface area contributed by atoms with Gasteiger partial charge in [-0.3, -0.25) is 9.48 Å². The van der Waals surface area contributed by atoms with Crippen molar-refractivity contribution in [2.24, 2.45) is 0 Å². The summed E-state index contributed by atoms with van der Waals surface area (Å²) >= 11 is 4.71.